The lowest BCUT2D eigenvalue weighted by atomic mass is 9.66. The van der Waals surface area contributed by atoms with Gasteiger partial charge in [0, 0.05) is 17.4 Å². The Bertz CT molecular complexity index is 555. The molecule has 0 aliphatic heterocycles. The van der Waals surface area contributed by atoms with Crippen LogP contribution >= 0.6 is 11.6 Å². The van der Waals surface area contributed by atoms with Gasteiger partial charge in [0.05, 0.1) is 12.3 Å². The van der Waals surface area contributed by atoms with Gasteiger partial charge in [-0.25, -0.2) is 0 Å². The summed E-state index contributed by atoms with van der Waals surface area (Å²) in [5, 5.41) is 8.92. The lowest BCUT2D eigenvalue weighted by Gasteiger charge is -2.37. The number of carbonyl (C=O) groups excluding carboxylic acids is 2. The van der Waals surface area contributed by atoms with Crippen LogP contribution in [-0.4, -0.2) is 28.5 Å². The number of ketones is 2. The van der Waals surface area contributed by atoms with Crippen LogP contribution in [0.1, 0.15) is 36.0 Å². The van der Waals surface area contributed by atoms with Gasteiger partial charge in [-0.1, -0.05) is 30.3 Å². The predicted octanol–water partition coefficient (Wildman–Crippen LogP) is 3.18. The molecule has 1 saturated carbocycles. The minimum atomic E-state index is -1.01. The van der Waals surface area contributed by atoms with Crippen molar-refractivity contribution in [3.63, 3.8) is 0 Å². The largest absolute Gasteiger partial charge is 0.481 e. The smallest absolute Gasteiger partial charge is 0.304 e. The quantitative estimate of drug-likeness (QED) is 0.589. The van der Waals surface area contributed by atoms with Crippen molar-refractivity contribution in [1.29, 1.82) is 0 Å². The summed E-state index contributed by atoms with van der Waals surface area (Å²) in [6, 6.07) is 9.08. The van der Waals surface area contributed by atoms with Crippen molar-refractivity contribution in [2.45, 2.75) is 25.7 Å². The molecule has 3 unspecified atom stereocenters. The summed E-state index contributed by atoms with van der Waals surface area (Å²) in [7, 11) is 0. The molecule has 1 aromatic carbocycles. The maximum Gasteiger partial charge on any atom is 0.304 e. The van der Waals surface area contributed by atoms with Gasteiger partial charge in [-0.05, 0) is 25.2 Å². The van der Waals surface area contributed by atoms with Crippen molar-refractivity contribution in [3.05, 3.63) is 35.9 Å². The van der Waals surface area contributed by atoms with Crippen molar-refractivity contribution in [1.82, 2.24) is 0 Å². The lowest BCUT2D eigenvalue weighted by Crippen LogP contribution is -2.36. The van der Waals surface area contributed by atoms with Gasteiger partial charge < -0.3 is 5.11 Å². The summed E-state index contributed by atoms with van der Waals surface area (Å²) in [4.78, 5) is 35.1. The first-order valence-electron chi connectivity index (χ1n) is 7.42. The van der Waals surface area contributed by atoms with E-state index in [9.17, 15) is 14.4 Å². The van der Waals surface area contributed by atoms with Crippen LogP contribution in [0.5, 0.6) is 0 Å². The number of hydrogen-bond donors (Lipinski definition) is 1. The molecule has 118 valence electrons. The number of aliphatic carboxylic acids is 1. The molecule has 4 nitrogen and oxygen atoms in total. The van der Waals surface area contributed by atoms with E-state index in [1.54, 1.807) is 12.1 Å². The van der Waals surface area contributed by atoms with Crippen LogP contribution in [0.3, 0.4) is 0 Å². The number of benzene rings is 1. The zero-order valence-corrected chi connectivity index (χ0v) is 13.0. The molecule has 0 radical (unpaired) electrons. The van der Waals surface area contributed by atoms with Crippen molar-refractivity contribution >= 4 is 29.1 Å². The van der Waals surface area contributed by atoms with Crippen LogP contribution in [0, 0.1) is 17.8 Å². The normalized spacial score (nSPS) is 21.7. The van der Waals surface area contributed by atoms with Gasteiger partial charge in [0.2, 0.25) is 0 Å². The zero-order valence-electron chi connectivity index (χ0n) is 12.2. The van der Waals surface area contributed by atoms with E-state index in [1.165, 1.54) is 0 Å². The SMILES string of the molecule is O=C(O)CC(CC1CCC1C(=O)c1ccccc1)C(=O)CCl. The summed E-state index contributed by atoms with van der Waals surface area (Å²) in [5.74, 6) is -1.97. The fraction of sp³-hybridized carbons (Fsp3) is 0.471. The van der Waals surface area contributed by atoms with Crippen LogP contribution in [-0.2, 0) is 9.59 Å². The minimum Gasteiger partial charge on any atom is -0.481 e. The molecule has 1 aliphatic carbocycles. The number of carboxylic acids is 1. The predicted molar refractivity (Wildman–Crippen MR) is 83.1 cm³/mol. The van der Waals surface area contributed by atoms with E-state index < -0.39 is 11.9 Å². The summed E-state index contributed by atoms with van der Waals surface area (Å²) in [5.41, 5.74) is 0.677. The third kappa shape index (κ3) is 3.95. The monoisotopic (exact) mass is 322 g/mol. The van der Waals surface area contributed by atoms with Crippen molar-refractivity contribution in [2.24, 2.45) is 17.8 Å². The maximum absolute atomic E-state index is 12.5. The van der Waals surface area contributed by atoms with Crippen molar-refractivity contribution in [3.8, 4) is 0 Å². The average molecular weight is 323 g/mol. The molecular formula is C17H19ClO4. The van der Waals surface area contributed by atoms with Gasteiger partial charge in [-0.2, -0.15) is 0 Å². The highest BCUT2D eigenvalue weighted by Gasteiger charge is 2.39. The summed E-state index contributed by atoms with van der Waals surface area (Å²) >= 11 is 5.56. The standard InChI is InChI=1S/C17H19ClO4/c18-10-15(19)13(9-16(20)21)8-12-6-7-14(12)17(22)11-4-2-1-3-5-11/h1-5,12-14H,6-10H2,(H,20,21). The van der Waals surface area contributed by atoms with Gasteiger partial charge in [0.25, 0.3) is 0 Å². The van der Waals surface area contributed by atoms with Gasteiger partial charge in [-0.3, -0.25) is 14.4 Å². The molecule has 22 heavy (non-hydrogen) atoms. The van der Waals surface area contributed by atoms with Crippen LogP contribution in [0.15, 0.2) is 30.3 Å². The van der Waals surface area contributed by atoms with Gasteiger partial charge in [0.1, 0.15) is 0 Å². The van der Waals surface area contributed by atoms with E-state index in [1.807, 2.05) is 18.2 Å². The molecule has 1 N–H and O–H groups in total. The Labute approximate surface area is 134 Å². The number of carboxylic acid groups (broad SMARTS) is 1. The molecule has 1 aromatic rings. The molecule has 0 spiro atoms. The number of halogens is 1. The first kappa shape index (κ1) is 16.7. The van der Waals surface area contributed by atoms with Crippen LogP contribution in [0.25, 0.3) is 0 Å². The third-order valence-electron chi connectivity index (χ3n) is 4.41. The number of carbonyl (C=O) groups is 3. The molecule has 0 saturated heterocycles. The number of Topliss-reactive ketones (excluding diaryl/α,β-unsaturated/α-hetero) is 2. The first-order valence-corrected chi connectivity index (χ1v) is 7.96. The van der Waals surface area contributed by atoms with Gasteiger partial charge >= 0.3 is 5.97 Å². The van der Waals surface area contributed by atoms with E-state index in [4.69, 9.17) is 16.7 Å². The summed E-state index contributed by atoms with van der Waals surface area (Å²) < 4.78 is 0. The highest BCUT2D eigenvalue weighted by molar-refractivity contribution is 6.28. The maximum atomic E-state index is 12.5. The summed E-state index contributed by atoms with van der Waals surface area (Å²) in [6.07, 6.45) is 1.87. The summed E-state index contributed by atoms with van der Waals surface area (Å²) in [6.45, 7) is 0. The molecule has 1 aliphatic rings. The number of alkyl halides is 1. The second-order valence-corrected chi connectivity index (χ2v) is 6.07. The Morgan fingerprint density at radius 2 is 1.86 bits per heavy atom. The molecule has 0 bridgehead atoms. The third-order valence-corrected chi connectivity index (χ3v) is 4.67. The fourth-order valence-electron chi connectivity index (χ4n) is 3.03. The first-order chi connectivity index (χ1) is 10.5. The molecule has 0 heterocycles. The molecule has 2 rings (SSSR count). The highest BCUT2D eigenvalue weighted by atomic mass is 35.5. The number of rotatable bonds is 8. The van der Waals surface area contributed by atoms with E-state index in [2.05, 4.69) is 0 Å². The van der Waals surface area contributed by atoms with Gasteiger partial charge in [-0.15, -0.1) is 11.6 Å². The second-order valence-electron chi connectivity index (χ2n) is 5.80. The molecule has 0 amide bonds. The Kier molecular flexibility index (Phi) is 5.72. The van der Waals surface area contributed by atoms with E-state index in [0.29, 0.717) is 12.0 Å². The molecule has 0 aromatic heterocycles. The minimum absolute atomic E-state index is 0.0734. The molecule has 3 atom stereocenters. The van der Waals surface area contributed by atoms with Gasteiger partial charge in [0.15, 0.2) is 11.6 Å². The Morgan fingerprint density at radius 3 is 2.36 bits per heavy atom. The highest BCUT2D eigenvalue weighted by Crippen LogP contribution is 2.41. The second kappa shape index (κ2) is 7.54. The zero-order chi connectivity index (χ0) is 16.1. The Balaban J connectivity index is 2.01. The van der Waals surface area contributed by atoms with E-state index >= 15 is 0 Å². The Hall–Kier alpha value is -1.68. The Morgan fingerprint density at radius 1 is 1.18 bits per heavy atom. The van der Waals surface area contributed by atoms with E-state index in [-0.39, 0.29) is 35.7 Å². The lowest BCUT2D eigenvalue weighted by molar-refractivity contribution is -0.140. The molecule has 1 fully saturated rings. The topological polar surface area (TPSA) is 71.4 Å². The average Bonchev–Trinajstić information content (AvgIpc) is 2.49. The molecule has 5 heteroatoms. The van der Waals surface area contributed by atoms with Crippen molar-refractivity contribution in [2.75, 3.05) is 5.88 Å². The van der Waals surface area contributed by atoms with Crippen molar-refractivity contribution < 1.29 is 19.5 Å². The van der Waals surface area contributed by atoms with Crippen LogP contribution < -0.4 is 0 Å². The molecular weight excluding hydrogens is 304 g/mol. The van der Waals surface area contributed by atoms with Crippen LogP contribution in [0.2, 0.25) is 0 Å². The fourth-order valence-corrected chi connectivity index (χ4v) is 3.24. The number of hydrogen-bond acceptors (Lipinski definition) is 3. The van der Waals surface area contributed by atoms with Crippen LogP contribution in [0.4, 0.5) is 0 Å². The van der Waals surface area contributed by atoms with E-state index in [0.717, 1.165) is 12.8 Å².